The number of nitrogens with zero attached hydrogens (tertiary/aromatic N) is 2. The van der Waals surface area contributed by atoms with Crippen LogP contribution in [0.25, 0.3) is 0 Å². The van der Waals surface area contributed by atoms with Gasteiger partial charge in [-0.25, -0.2) is 0 Å². The van der Waals surface area contributed by atoms with Gasteiger partial charge in [-0.3, -0.25) is 14.5 Å². The lowest BCUT2D eigenvalue weighted by molar-refractivity contribution is -0.117. The van der Waals surface area contributed by atoms with E-state index in [2.05, 4.69) is 30.1 Å². The van der Waals surface area contributed by atoms with Crippen molar-refractivity contribution in [3.05, 3.63) is 59.7 Å². The molecule has 2 aromatic rings. The number of carbonyl (C=O) groups excluding carboxylic acids is 2. The molecular formula is C22H27N3O2. The van der Waals surface area contributed by atoms with Crippen LogP contribution in [0.3, 0.4) is 0 Å². The quantitative estimate of drug-likeness (QED) is 0.809. The molecule has 1 aliphatic heterocycles. The summed E-state index contributed by atoms with van der Waals surface area (Å²) >= 11 is 0. The second-order valence-corrected chi connectivity index (χ2v) is 6.82. The van der Waals surface area contributed by atoms with Crippen molar-refractivity contribution in [1.82, 2.24) is 4.90 Å². The fraction of sp³-hybridized carbons (Fsp3) is 0.364. The van der Waals surface area contributed by atoms with Crippen LogP contribution in [-0.2, 0) is 11.3 Å². The van der Waals surface area contributed by atoms with Crippen molar-refractivity contribution in [2.75, 3.05) is 29.9 Å². The van der Waals surface area contributed by atoms with Crippen LogP contribution < -0.4 is 10.2 Å². The highest BCUT2D eigenvalue weighted by molar-refractivity contribution is 6.05. The highest BCUT2D eigenvalue weighted by Crippen LogP contribution is 2.23. The van der Waals surface area contributed by atoms with Crippen molar-refractivity contribution in [2.45, 2.75) is 33.2 Å². The Morgan fingerprint density at radius 1 is 1.11 bits per heavy atom. The van der Waals surface area contributed by atoms with Crippen LogP contribution in [-0.4, -0.2) is 36.3 Å². The number of benzene rings is 2. The molecule has 0 aliphatic carbocycles. The summed E-state index contributed by atoms with van der Waals surface area (Å²) in [7, 11) is 0. The fourth-order valence-corrected chi connectivity index (χ4v) is 3.39. The maximum absolute atomic E-state index is 12.7. The molecule has 1 N–H and O–H groups in total. The first-order valence-electron chi connectivity index (χ1n) is 9.63. The van der Waals surface area contributed by atoms with E-state index in [0.29, 0.717) is 12.0 Å². The molecule has 0 unspecified atom stereocenters. The smallest absolute Gasteiger partial charge is 0.255 e. The van der Waals surface area contributed by atoms with E-state index in [0.717, 1.165) is 44.0 Å². The van der Waals surface area contributed by atoms with Gasteiger partial charge in [-0.1, -0.05) is 32.0 Å². The fourth-order valence-electron chi connectivity index (χ4n) is 3.39. The Hall–Kier alpha value is -2.66. The molecule has 5 nitrogen and oxygen atoms in total. The highest BCUT2D eigenvalue weighted by Gasteiger charge is 2.22. The Morgan fingerprint density at radius 3 is 2.59 bits per heavy atom. The van der Waals surface area contributed by atoms with E-state index >= 15 is 0 Å². The summed E-state index contributed by atoms with van der Waals surface area (Å²) in [5, 5.41) is 2.98. The molecule has 0 aromatic heterocycles. The minimum Gasteiger partial charge on any atom is -0.322 e. The van der Waals surface area contributed by atoms with Crippen LogP contribution in [0.5, 0.6) is 0 Å². The van der Waals surface area contributed by atoms with Gasteiger partial charge in [0.25, 0.3) is 5.91 Å². The predicted molar refractivity (Wildman–Crippen MR) is 109 cm³/mol. The summed E-state index contributed by atoms with van der Waals surface area (Å²) < 4.78 is 0. The van der Waals surface area contributed by atoms with Gasteiger partial charge in [0, 0.05) is 36.4 Å². The summed E-state index contributed by atoms with van der Waals surface area (Å²) in [6, 6.07) is 15.2. The van der Waals surface area contributed by atoms with Crippen LogP contribution in [0, 0.1) is 0 Å². The molecule has 0 saturated carbocycles. The van der Waals surface area contributed by atoms with Gasteiger partial charge in [-0.2, -0.15) is 0 Å². The van der Waals surface area contributed by atoms with E-state index in [1.807, 2.05) is 30.3 Å². The summed E-state index contributed by atoms with van der Waals surface area (Å²) in [5.41, 5.74) is 3.31. The topological polar surface area (TPSA) is 52.7 Å². The van der Waals surface area contributed by atoms with Crippen LogP contribution in [0.1, 0.15) is 42.6 Å². The standard InChI is InChI=1S/C22H27N3O2/c1-3-24(4-2)16-17-8-5-10-19(14-17)23-22(27)18-9-6-11-20(15-18)25-13-7-12-21(25)26/h5-6,8-11,14-15H,3-4,7,12-13,16H2,1-2H3,(H,23,27). The Kier molecular flexibility index (Phi) is 6.24. The van der Waals surface area contributed by atoms with E-state index in [-0.39, 0.29) is 11.8 Å². The van der Waals surface area contributed by atoms with Gasteiger partial charge in [0.1, 0.15) is 0 Å². The molecule has 0 radical (unpaired) electrons. The molecule has 0 spiro atoms. The maximum Gasteiger partial charge on any atom is 0.255 e. The number of nitrogens with one attached hydrogen (secondary N) is 1. The zero-order chi connectivity index (χ0) is 19.2. The van der Waals surface area contributed by atoms with Crippen LogP contribution in [0.2, 0.25) is 0 Å². The van der Waals surface area contributed by atoms with Gasteiger partial charge in [0.05, 0.1) is 0 Å². The second kappa shape index (κ2) is 8.82. The Bertz CT molecular complexity index is 815. The zero-order valence-electron chi connectivity index (χ0n) is 16.1. The Morgan fingerprint density at radius 2 is 1.89 bits per heavy atom. The van der Waals surface area contributed by atoms with Crippen LogP contribution in [0.15, 0.2) is 48.5 Å². The summed E-state index contributed by atoms with van der Waals surface area (Å²) in [6.45, 7) is 7.87. The van der Waals surface area contributed by atoms with Gasteiger partial charge in [-0.05, 0) is 55.4 Å². The van der Waals surface area contributed by atoms with Crippen LogP contribution >= 0.6 is 0 Å². The number of hydrogen-bond donors (Lipinski definition) is 1. The molecule has 1 fully saturated rings. The number of rotatable bonds is 7. The van der Waals surface area contributed by atoms with E-state index in [9.17, 15) is 9.59 Å². The van der Waals surface area contributed by atoms with Gasteiger partial charge in [-0.15, -0.1) is 0 Å². The van der Waals surface area contributed by atoms with Crippen molar-refractivity contribution in [3.63, 3.8) is 0 Å². The molecule has 1 aliphatic rings. The molecule has 2 aromatic carbocycles. The van der Waals surface area contributed by atoms with Gasteiger partial charge in [0.15, 0.2) is 0 Å². The normalized spacial score (nSPS) is 14.0. The molecule has 142 valence electrons. The summed E-state index contributed by atoms with van der Waals surface area (Å²) in [4.78, 5) is 28.7. The molecule has 1 saturated heterocycles. The first-order chi connectivity index (χ1) is 13.1. The molecule has 2 amide bonds. The van der Waals surface area contributed by atoms with Crippen molar-refractivity contribution >= 4 is 23.2 Å². The lowest BCUT2D eigenvalue weighted by atomic mass is 10.1. The van der Waals surface area contributed by atoms with Crippen molar-refractivity contribution in [3.8, 4) is 0 Å². The first kappa shape index (κ1) is 19.1. The SMILES string of the molecule is CCN(CC)Cc1cccc(NC(=O)c2cccc(N3CCCC3=O)c2)c1. The molecule has 0 atom stereocenters. The van der Waals surface area contributed by atoms with Crippen molar-refractivity contribution < 1.29 is 9.59 Å². The van der Waals surface area contributed by atoms with E-state index in [1.54, 1.807) is 17.0 Å². The van der Waals surface area contributed by atoms with Crippen LogP contribution in [0.4, 0.5) is 11.4 Å². The maximum atomic E-state index is 12.7. The van der Waals surface area contributed by atoms with Crippen molar-refractivity contribution in [1.29, 1.82) is 0 Å². The Labute approximate surface area is 161 Å². The number of amides is 2. The highest BCUT2D eigenvalue weighted by atomic mass is 16.2. The monoisotopic (exact) mass is 365 g/mol. The van der Waals surface area contributed by atoms with Gasteiger partial charge >= 0.3 is 0 Å². The Balaban J connectivity index is 1.71. The molecule has 3 rings (SSSR count). The molecule has 0 bridgehead atoms. The first-order valence-corrected chi connectivity index (χ1v) is 9.63. The van der Waals surface area contributed by atoms with E-state index in [4.69, 9.17) is 0 Å². The third-order valence-electron chi connectivity index (χ3n) is 4.98. The molecule has 27 heavy (non-hydrogen) atoms. The van der Waals surface area contributed by atoms with Crippen molar-refractivity contribution in [2.24, 2.45) is 0 Å². The third kappa shape index (κ3) is 4.74. The summed E-state index contributed by atoms with van der Waals surface area (Å²) in [6.07, 6.45) is 1.45. The molecule has 5 heteroatoms. The number of anilines is 2. The van der Waals surface area contributed by atoms with Gasteiger partial charge < -0.3 is 10.2 Å². The number of hydrogen-bond acceptors (Lipinski definition) is 3. The molecular weight excluding hydrogens is 338 g/mol. The molecule has 1 heterocycles. The second-order valence-electron chi connectivity index (χ2n) is 6.82. The third-order valence-corrected chi connectivity index (χ3v) is 4.98. The minimum absolute atomic E-state index is 0.122. The lowest BCUT2D eigenvalue weighted by Crippen LogP contribution is -2.24. The lowest BCUT2D eigenvalue weighted by Gasteiger charge is -2.18. The summed E-state index contributed by atoms with van der Waals surface area (Å²) in [5.74, 6) is -0.0415. The largest absolute Gasteiger partial charge is 0.322 e. The zero-order valence-corrected chi connectivity index (χ0v) is 16.1. The predicted octanol–water partition coefficient (Wildman–Crippen LogP) is 3.91. The number of carbonyl (C=O) groups is 2. The minimum atomic E-state index is -0.163. The van der Waals surface area contributed by atoms with E-state index in [1.165, 1.54) is 5.56 Å². The average Bonchev–Trinajstić information content (AvgIpc) is 3.12. The average molecular weight is 365 g/mol. The van der Waals surface area contributed by atoms with Gasteiger partial charge in [0.2, 0.25) is 5.91 Å². The van der Waals surface area contributed by atoms with E-state index < -0.39 is 0 Å².